The van der Waals surface area contributed by atoms with E-state index in [0.717, 1.165) is 88.7 Å². The predicted octanol–water partition coefficient (Wildman–Crippen LogP) is 2.40. The zero-order chi connectivity index (χ0) is 20.9. The Morgan fingerprint density at radius 2 is 1.80 bits per heavy atom. The van der Waals surface area contributed by atoms with Gasteiger partial charge >= 0.3 is 0 Å². The quantitative estimate of drug-likeness (QED) is 0.710. The van der Waals surface area contributed by atoms with Crippen LogP contribution in [0.1, 0.15) is 44.2 Å². The lowest BCUT2D eigenvalue weighted by Crippen LogP contribution is -2.51. The molecule has 1 unspecified atom stereocenters. The van der Waals surface area contributed by atoms with Crippen molar-refractivity contribution in [2.45, 2.75) is 51.1 Å². The number of methoxy groups -OCH3 is 2. The molecule has 0 aromatic carbocycles. The number of rotatable bonds is 6. The third-order valence-corrected chi connectivity index (χ3v) is 7.03. The third-order valence-electron chi connectivity index (χ3n) is 7.03. The minimum absolute atomic E-state index is 0.208. The smallest absolute Gasteiger partial charge is 0.226 e. The van der Waals surface area contributed by atoms with E-state index in [4.69, 9.17) is 9.47 Å². The number of aromatic nitrogens is 1. The molecule has 3 aliphatic heterocycles. The van der Waals surface area contributed by atoms with E-state index in [9.17, 15) is 4.79 Å². The second kappa shape index (κ2) is 9.96. The van der Waals surface area contributed by atoms with Gasteiger partial charge in [0, 0.05) is 57.6 Å². The average molecular weight is 417 g/mol. The number of carbonyl (C=O) groups excluding carboxylic acids is 1. The molecule has 7 heteroatoms. The molecule has 3 saturated heterocycles. The maximum atomic E-state index is 12.9. The lowest BCUT2D eigenvalue weighted by atomic mass is 9.93. The van der Waals surface area contributed by atoms with Crippen molar-refractivity contribution in [2.75, 3.05) is 53.5 Å². The predicted molar refractivity (Wildman–Crippen MR) is 116 cm³/mol. The molecule has 0 radical (unpaired) electrons. The van der Waals surface area contributed by atoms with Crippen molar-refractivity contribution < 1.29 is 14.3 Å². The number of pyridine rings is 1. The molecular formula is C23H36N4O3. The topological polar surface area (TPSA) is 58.1 Å². The fourth-order valence-electron chi connectivity index (χ4n) is 5.35. The molecule has 7 nitrogen and oxygen atoms in total. The van der Waals surface area contributed by atoms with Gasteiger partial charge in [0.2, 0.25) is 5.91 Å². The first-order valence-corrected chi connectivity index (χ1v) is 11.5. The molecule has 4 heterocycles. The molecule has 3 aliphatic rings. The summed E-state index contributed by atoms with van der Waals surface area (Å²) in [5, 5.41) is 0. The minimum atomic E-state index is 0.208. The van der Waals surface area contributed by atoms with Gasteiger partial charge in [-0.05, 0) is 45.1 Å². The van der Waals surface area contributed by atoms with Crippen LogP contribution in [0.4, 0.5) is 0 Å². The Hall–Kier alpha value is -1.86. The fourth-order valence-corrected chi connectivity index (χ4v) is 5.35. The third kappa shape index (κ3) is 4.72. The zero-order valence-electron chi connectivity index (χ0n) is 18.5. The van der Waals surface area contributed by atoms with Crippen molar-refractivity contribution in [1.82, 2.24) is 19.7 Å². The molecule has 0 saturated carbocycles. The van der Waals surface area contributed by atoms with Crippen LogP contribution >= 0.6 is 0 Å². The second-order valence-electron chi connectivity index (χ2n) is 8.87. The van der Waals surface area contributed by atoms with Crippen LogP contribution in [0.3, 0.4) is 0 Å². The van der Waals surface area contributed by atoms with Gasteiger partial charge in [-0.2, -0.15) is 0 Å². The van der Waals surface area contributed by atoms with Crippen LogP contribution in [0.5, 0.6) is 11.5 Å². The summed E-state index contributed by atoms with van der Waals surface area (Å²) >= 11 is 0. The number of hydrogen-bond donors (Lipinski definition) is 0. The molecule has 1 amide bonds. The molecule has 1 aromatic rings. The summed E-state index contributed by atoms with van der Waals surface area (Å²) in [6, 6.07) is 2.43. The summed E-state index contributed by atoms with van der Waals surface area (Å²) < 4.78 is 11.0. The number of likely N-dealkylation sites (tertiary alicyclic amines) is 3. The summed E-state index contributed by atoms with van der Waals surface area (Å²) in [5.74, 6) is 2.09. The van der Waals surface area contributed by atoms with E-state index < -0.39 is 0 Å². The molecular weight excluding hydrogens is 380 g/mol. The summed E-state index contributed by atoms with van der Waals surface area (Å²) in [4.78, 5) is 24.5. The number of piperidine rings is 2. The summed E-state index contributed by atoms with van der Waals surface area (Å²) in [6.07, 6.45) is 8.64. The van der Waals surface area contributed by atoms with Gasteiger partial charge in [0.15, 0.2) is 11.5 Å². The van der Waals surface area contributed by atoms with Gasteiger partial charge in [-0.25, -0.2) is 0 Å². The lowest BCUT2D eigenvalue weighted by molar-refractivity contribution is -0.136. The van der Waals surface area contributed by atoms with Gasteiger partial charge in [0.1, 0.15) is 5.69 Å². The van der Waals surface area contributed by atoms with Crippen LogP contribution in [0.2, 0.25) is 0 Å². The van der Waals surface area contributed by atoms with Gasteiger partial charge in [0.05, 0.1) is 20.1 Å². The van der Waals surface area contributed by atoms with Crippen molar-refractivity contribution in [1.29, 1.82) is 0 Å². The van der Waals surface area contributed by atoms with Gasteiger partial charge in [-0.15, -0.1) is 0 Å². The molecule has 30 heavy (non-hydrogen) atoms. The standard InChI is InChI=1S/C23H36N4O3/c1-29-21-7-10-24-20(22(21)30-2)17-25-14-8-19(9-15-25)27-13-5-6-18(16-27)23(28)26-11-3-4-12-26/h7,10,18-19H,3-6,8-9,11-17H2,1-2H3. The molecule has 1 aromatic heterocycles. The Morgan fingerprint density at radius 1 is 1.03 bits per heavy atom. The summed E-state index contributed by atoms with van der Waals surface area (Å²) in [6.45, 7) is 6.90. The Bertz CT molecular complexity index is 714. The zero-order valence-corrected chi connectivity index (χ0v) is 18.5. The Kier molecular flexibility index (Phi) is 7.10. The molecule has 0 aliphatic carbocycles. The van der Waals surface area contributed by atoms with Crippen LogP contribution in [-0.2, 0) is 11.3 Å². The number of amides is 1. The van der Waals surface area contributed by atoms with Crippen LogP contribution in [0, 0.1) is 5.92 Å². The van der Waals surface area contributed by atoms with Crippen molar-refractivity contribution in [3.63, 3.8) is 0 Å². The Balaban J connectivity index is 1.30. The van der Waals surface area contributed by atoms with Crippen LogP contribution in [-0.4, -0.2) is 85.1 Å². The SMILES string of the molecule is COc1ccnc(CN2CCC(N3CCCC(C(=O)N4CCCC4)C3)CC2)c1OC. The molecule has 1 atom stereocenters. The van der Waals surface area contributed by atoms with Gasteiger partial charge < -0.3 is 14.4 Å². The molecule has 0 bridgehead atoms. The van der Waals surface area contributed by atoms with E-state index in [-0.39, 0.29) is 5.92 Å². The maximum Gasteiger partial charge on any atom is 0.226 e. The van der Waals surface area contributed by atoms with E-state index in [2.05, 4.69) is 19.7 Å². The van der Waals surface area contributed by atoms with Crippen molar-refractivity contribution in [3.8, 4) is 11.5 Å². The van der Waals surface area contributed by atoms with Gasteiger partial charge in [0.25, 0.3) is 0 Å². The fraction of sp³-hybridized carbons (Fsp3) is 0.739. The first kappa shape index (κ1) is 21.4. The number of nitrogens with zero attached hydrogens (tertiary/aromatic N) is 4. The van der Waals surface area contributed by atoms with E-state index in [1.165, 1.54) is 12.8 Å². The first-order chi connectivity index (χ1) is 14.7. The summed E-state index contributed by atoms with van der Waals surface area (Å²) in [7, 11) is 3.33. The molecule has 4 rings (SSSR count). The highest BCUT2D eigenvalue weighted by molar-refractivity contribution is 5.79. The van der Waals surface area contributed by atoms with Crippen LogP contribution < -0.4 is 9.47 Å². The van der Waals surface area contributed by atoms with E-state index in [1.807, 2.05) is 6.07 Å². The molecule has 166 valence electrons. The molecule has 0 N–H and O–H groups in total. The average Bonchev–Trinajstić information content (AvgIpc) is 3.34. The van der Waals surface area contributed by atoms with Crippen molar-refractivity contribution in [3.05, 3.63) is 18.0 Å². The normalized spacial score (nSPS) is 24.2. The molecule has 0 spiro atoms. The van der Waals surface area contributed by atoms with Crippen LogP contribution in [0.25, 0.3) is 0 Å². The highest BCUT2D eigenvalue weighted by atomic mass is 16.5. The highest BCUT2D eigenvalue weighted by Gasteiger charge is 2.34. The van der Waals surface area contributed by atoms with Gasteiger partial charge in [-0.3, -0.25) is 19.6 Å². The van der Waals surface area contributed by atoms with Gasteiger partial charge in [-0.1, -0.05) is 0 Å². The first-order valence-electron chi connectivity index (χ1n) is 11.5. The van der Waals surface area contributed by atoms with E-state index in [0.29, 0.717) is 11.9 Å². The summed E-state index contributed by atoms with van der Waals surface area (Å²) in [5.41, 5.74) is 0.935. The van der Waals surface area contributed by atoms with Crippen LogP contribution in [0.15, 0.2) is 12.3 Å². The van der Waals surface area contributed by atoms with E-state index >= 15 is 0 Å². The lowest BCUT2D eigenvalue weighted by Gasteiger charge is -2.42. The Morgan fingerprint density at radius 3 is 2.50 bits per heavy atom. The monoisotopic (exact) mass is 416 g/mol. The second-order valence-corrected chi connectivity index (χ2v) is 8.87. The maximum absolute atomic E-state index is 12.9. The largest absolute Gasteiger partial charge is 0.493 e. The minimum Gasteiger partial charge on any atom is -0.493 e. The number of hydrogen-bond acceptors (Lipinski definition) is 6. The Labute approximate surface area is 180 Å². The number of carbonyl (C=O) groups is 1. The number of ether oxygens (including phenoxy) is 2. The van der Waals surface area contributed by atoms with Crippen molar-refractivity contribution in [2.24, 2.45) is 5.92 Å². The highest BCUT2D eigenvalue weighted by Crippen LogP contribution is 2.31. The van der Waals surface area contributed by atoms with E-state index in [1.54, 1.807) is 20.4 Å². The van der Waals surface area contributed by atoms with Crippen molar-refractivity contribution >= 4 is 5.91 Å². The molecule has 3 fully saturated rings.